The second-order valence-corrected chi connectivity index (χ2v) is 4.83. The zero-order valence-electron chi connectivity index (χ0n) is 9.38. The van der Waals surface area contributed by atoms with Crippen molar-refractivity contribution in [1.82, 2.24) is 0 Å². The molecular weight excluding hydrogens is 192 g/mol. The Labute approximate surface area is 89.2 Å². The van der Waals surface area contributed by atoms with Crippen LogP contribution in [0.25, 0.3) is 0 Å². The van der Waals surface area contributed by atoms with Gasteiger partial charge in [-0.05, 0) is 6.92 Å². The van der Waals surface area contributed by atoms with Crippen molar-refractivity contribution in [3.8, 4) is 11.8 Å². The van der Waals surface area contributed by atoms with Crippen LogP contribution in [0.4, 0.5) is 0 Å². The lowest BCUT2D eigenvalue weighted by Crippen LogP contribution is -2.71. The third kappa shape index (κ3) is 0.797. The standard InChI is InChI=1S/C12H14O3/c1-7-5-6-8-9(13)12(7,10(14)15-4)11(8,2)3/h7-8H,1-4H3. The number of ketones is 1. The van der Waals surface area contributed by atoms with Crippen LogP contribution in [0, 0.1) is 34.5 Å². The van der Waals surface area contributed by atoms with Crippen molar-refractivity contribution in [1.29, 1.82) is 0 Å². The molecule has 3 aliphatic rings. The Morgan fingerprint density at radius 1 is 1.40 bits per heavy atom. The molecule has 3 nitrogen and oxygen atoms in total. The summed E-state index contributed by atoms with van der Waals surface area (Å²) in [6, 6.07) is 0. The average molecular weight is 206 g/mol. The van der Waals surface area contributed by atoms with E-state index in [9.17, 15) is 9.59 Å². The predicted octanol–water partition coefficient (Wildman–Crippen LogP) is 1.02. The van der Waals surface area contributed by atoms with E-state index in [0.717, 1.165) is 0 Å². The Hall–Kier alpha value is -1.30. The summed E-state index contributed by atoms with van der Waals surface area (Å²) >= 11 is 0. The van der Waals surface area contributed by atoms with Gasteiger partial charge in [-0.25, -0.2) is 0 Å². The smallest absolute Gasteiger partial charge is 0.321 e. The van der Waals surface area contributed by atoms with Crippen LogP contribution >= 0.6 is 0 Å². The van der Waals surface area contributed by atoms with E-state index in [0.29, 0.717) is 0 Å². The minimum absolute atomic E-state index is 0.0643. The summed E-state index contributed by atoms with van der Waals surface area (Å²) in [7, 11) is 1.32. The number of esters is 1. The van der Waals surface area contributed by atoms with Gasteiger partial charge in [0.25, 0.3) is 0 Å². The van der Waals surface area contributed by atoms with E-state index < -0.39 is 16.8 Å². The van der Waals surface area contributed by atoms with Crippen molar-refractivity contribution in [2.24, 2.45) is 22.7 Å². The van der Waals surface area contributed by atoms with Gasteiger partial charge in [-0.1, -0.05) is 25.7 Å². The Morgan fingerprint density at radius 2 is 2.00 bits per heavy atom. The molecule has 0 aromatic rings. The Kier molecular flexibility index (Phi) is 1.79. The predicted molar refractivity (Wildman–Crippen MR) is 53.7 cm³/mol. The molecule has 0 heterocycles. The third-order valence-electron chi connectivity index (χ3n) is 3.99. The molecule has 3 unspecified atom stereocenters. The molecule has 0 saturated heterocycles. The summed E-state index contributed by atoms with van der Waals surface area (Å²) in [5, 5.41) is 0. The van der Waals surface area contributed by atoms with Gasteiger partial charge >= 0.3 is 5.97 Å². The first kappa shape index (κ1) is 10.2. The first-order valence-electron chi connectivity index (χ1n) is 5.04. The summed E-state index contributed by atoms with van der Waals surface area (Å²) in [6.07, 6.45) is 0. The molecule has 0 spiro atoms. The Balaban J connectivity index is 2.59. The SMILES string of the molecule is COC(=O)C12C(=O)C(C#CC1C)C2(C)C. The normalized spacial score (nSPS) is 39.9. The van der Waals surface area contributed by atoms with Gasteiger partial charge < -0.3 is 4.74 Å². The second kappa shape index (κ2) is 2.63. The summed E-state index contributed by atoms with van der Waals surface area (Å²) in [6.45, 7) is 5.65. The van der Waals surface area contributed by atoms with E-state index in [1.165, 1.54) is 7.11 Å². The largest absolute Gasteiger partial charge is 0.468 e. The van der Waals surface area contributed by atoms with Crippen molar-refractivity contribution in [2.45, 2.75) is 20.8 Å². The van der Waals surface area contributed by atoms with Crippen LogP contribution < -0.4 is 0 Å². The molecule has 2 bridgehead atoms. The quantitative estimate of drug-likeness (QED) is 0.365. The topological polar surface area (TPSA) is 43.4 Å². The van der Waals surface area contributed by atoms with Crippen LogP contribution in [0.2, 0.25) is 0 Å². The molecule has 3 rings (SSSR count). The van der Waals surface area contributed by atoms with E-state index >= 15 is 0 Å². The number of Topliss-reactive ketones (excluding diaryl/α,β-unsaturated/α-hetero) is 1. The van der Waals surface area contributed by atoms with Gasteiger partial charge in [0.2, 0.25) is 0 Å². The lowest BCUT2D eigenvalue weighted by atomic mass is 9.39. The summed E-state index contributed by atoms with van der Waals surface area (Å²) < 4.78 is 4.78. The van der Waals surface area contributed by atoms with E-state index in [1.807, 2.05) is 20.8 Å². The number of fused-ring (bicyclic) bond motifs is 1. The highest BCUT2D eigenvalue weighted by Crippen LogP contribution is 2.63. The van der Waals surface area contributed by atoms with Crippen LogP contribution in [0.15, 0.2) is 0 Å². The first-order chi connectivity index (χ1) is 6.90. The molecule has 0 N–H and O–H groups in total. The van der Waals surface area contributed by atoms with Crippen LogP contribution in [0.1, 0.15) is 20.8 Å². The fourth-order valence-corrected chi connectivity index (χ4v) is 3.06. The van der Waals surface area contributed by atoms with Gasteiger partial charge in [-0.3, -0.25) is 9.59 Å². The highest BCUT2D eigenvalue weighted by atomic mass is 16.5. The molecule has 0 amide bonds. The molecule has 0 aromatic carbocycles. The van der Waals surface area contributed by atoms with Crippen molar-refractivity contribution >= 4 is 11.8 Å². The van der Waals surface area contributed by atoms with Gasteiger partial charge in [0.15, 0.2) is 5.78 Å². The van der Waals surface area contributed by atoms with E-state index in [-0.39, 0.29) is 17.6 Å². The maximum atomic E-state index is 12.0. The molecule has 15 heavy (non-hydrogen) atoms. The van der Waals surface area contributed by atoms with Crippen LogP contribution in [-0.2, 0) is 14.3 Å². The van der Waals surface area contributed by atoms with Gasteiger partial charge in [0.05, 0.1) is 13.0 Å². The Morgan fingerprint density at radius 3 is 2.40 bits per heavy atom. The van der Waals surface area contributed by atoms with Crippen LogP contribution in [0.5, 0.6) is 0 Å². The maximum absolute atomic E-state index is 12.0. The molecule has 0 aromatic heterocycles. The van der Waals surface area contributed by atoms with Crippen molar-refractivity contribution < 1.29 is 14.3 Å². The molecule has 0 radical (unpaired) electrons. The molecule has 3 aliphatic carbocycles. The molecular formula is C12H14O3. The zero-order valence-corrected chi connectivity index (χ0v) is 9.38. The van der Waals surface area contributed by atoms with Crippen LogP contribution in [0.3, 0.4) is 0 Å². The van der Waals surface area contributed by atoms with E-state index in [1.54, 1.807) is 0 Å². The number of hydrogen-bond acceptors (Lipinski definition) is 3. The number of rotatable bonds is 1. The number of ether oxygens (including phenoxy) is 1. The van der Waals surface area contributed by atoms with Crippen molar-refractivity contribution in [2.75, 3.05) is 7.11 Å². The first-order valence-corrected chi connectivity index (χ1v) is 5.04. The van der Waals surface area contributed by atoms with Crippen molar-refractivity contribution in [3.63, 3.8) is 0 Å². The number of methoxy groups -OCH3 is 1. The minimum Gasteiger partial charge on any atom is -0.468 e. The third-order valence-corrected chi connectivity index (χ3v) is 3.99. The molecule has 3 heteroatoms. The number of hydrogen-bond donors (Lipinski definition) is 0. The Bertz CT molecular complexity index is 410. The fraction of sp³-hybridized carbons (Fsp3) is 0.667. The highest BCUT2D eigenvalue weighted by molar-refractivity contribution is 6.14. The van der Waals surface area contributed by atoms with E-state index in [4.69, 9.17) is 4.74 Å². The zero-order chi connectivity index (χ0) is 11.4. The molecule has 1 fully saturated rings. The maximum Gasteiger partial charge on any atom is 0.321 e. The van der Waals surface area contributed by atoms with Gasteiger partial charge in [-0.2, -0.15) is 0 Å². The monoisotopic (exact) mass is 206 g/mol. The summed E-state index contributed by atoms with van der Waals surface area (Å²) in [4.78, 5) is 23.8. The van der Waals surface area contributed by atoms with E-state index in [2.05, 4.69) is 11.8 Å². The highest BCUT2D eigenvalue weighted by Gasteiger charge is 2.75. The molecule has 1 saturated carbocycles. The number of carbonyl (C=O) groups excluding carboxylic acids is 2. The molecule has 0 aliphatic heterocycles. The van der Waals surface area contributed by atoms with Gasteiger partial charge in [0, 0.05) is 11.3 Å². The van der Waals surface area contributed by atoms with Crippen molar-refractivity contribution in [3.05, 3.63) is 0 Å². The lowest BCUT2D eigenvalue weighted by Gasteiger charge is -2.59. The molecule has 80 valence electrons. The summed E-state index contributed by atoms with van der Waals surface area (Å²) in [5.41, 5.74) is -1.43. The van der Waals surface area contributed by atoms with Crippen LogP contribution in [-0.4, -0.2) is 18.9 Å². The van der Waals surface area contributed by atoms with Gasteiger partial charge in [-0.15, -0.1) is 0 Å². The lowest BCUT2D eigenvalue weighted by molar-refractivity contribution is -0.193. The summed E-state index contributed by atoms with van der Waals surface area (Å²) in [5.74, 6) is 4.84. The average Bonchev–Trinajstić information content (AvgIpc) is 2.16. The minimum atomic E-state index is -1.03. The van der Waals surface area contributed by atoms with Gasteiger partial charge in [0.1, 0.15) is 5.41 Å². The fourth-order valence-electron chi connectivity index (χ4n) is 3.06. The second-order valence-electron chi connectivity index (χ2n) is 4.83. The number of carbonyl (C=O) groups is 2. The molecule has 3 atom stereocenters.